The average molecular weight is 283 g/mol. The second kappa shape index (κ2) is 5.36. The Morgan fingerprint density at radius 3 is 2.71 bits per heavy atom. The van der Waals surface area contributed by atoms with Crippen LogP contribution in [0.5, 0.6) is 0 Å². The molecule has 1 N–H and O–H groups in total. The van der Waals surface area contributed by atoms with Crippen molar-refractivity contribution < 1.29 is 9.18 Å². The SMILES string of the molecule is Cc1cn2cc(C(=O)NCc3ccc(F)cc3)ccc2n1. The topological polar surface area (TPSA) is 46.4 Å². The van der Waals surface area contributed by atoms with Gasteiger partial charge in [-0.05, 0) is 36.8 Å². The third-order valence-electron chi connectivity index (χ3n) is 3.20. The number of amides is 1. The largest absolute Gasteiger partial charge is 0.348 e. The summed E-state index contributed by atoms with van der Waals surface area (Å²) in [5.41, 5.74) is 3.12. The molecule has 106 valence electrons. The van der Waals surface area contributed by atoms with E-state index in [1.54, 1.807) is 30.5 Å². The molecule has 3 rings (SSSR count). The fraction of sp³-hybridized carbons (Fsp3) is 0.125. The minimum absolute atomic E-state index is 0.174. The number of fused-ring (bicyclic) bond motifs is 1. The van der Waals surface area contributed by atoms with Gasteiger partial charge in [-0.15, -0.1) is 0 Å². The van der Waals surface area contributed by atoms with Gasteiger partial charge in [0.15, 0.2) is 0 Å². The zero-order valence-corrected chi connectivity index (χ0v) is 11.5. The first-order chi connectivity index (χ1) is 10.1. The standard InChI is InChI=1S/C16H14FN3O/c1-11-9-20-10-13(4-7-15(20)19-11)16(21)18-8-12-2-5-14(17)6-3-12/h2-7,9-10H,8H2,1H3,(H,18,21). The van der Waals surface area contributed by atoms with Crippen molar-refractivity contribution in [2.75, 3.05) is 0 Å². The number of rotatable bonds is 3. The van der Waals surface area contributed by atoms with Crippen molar-refractivity contribution in [1.82, 2.24) is 14.7 Å². The third kappa shape index (κ3) is 2.91. The van der Waals surface area contributed by atoms with E-state index in [0.29, 0.717) is 12.1 Å². The van der Waals surface area contributed by atoms with E-state index in [9.17, 15) is 9.18 Å². The van der Waals surface area contributed by atoms with Crippen LogP contribution in [0.3, 0.4) is 0 Å². The lowest BCUT2D eigenvalue weighted by Crippen LogP contribution is -2.23. The summed E-state index contributed by atoms with van der Waals surface area (Å²) in [7, 11) is 0. The first-order valence-corrected chi connectivity index (χ1v) is 6.60. The maximum atomic E-state index is 12.8. The summed E-state index contributed by atoms with van der Waals surface area (Å²) in [4.78, 5) is 16.4. The van der Waals surface area contributed by atoms with Crippen molar-refractivity contribution in [2.24, 2.45) is 0 Å². The molecule has 2 heterocycles. The molecule has 1 aromatic carbocycles. The maximum absolute atomic E-state index is 12.8. The number of imidazole rings is 1. The number of pyridine rings is 1. The number of carbonyl (C=O) groups excluding carboxylic acids is 1. The summed E-state index contributed by atoms with van der Waals surface area (Å²) in [5, 5.41) is 2.81. The van der Waals surface area contributed by atoms with Gasteiger partial charge in [-0.2, -0.15) is 0 Å². The number of aromatic nitrogens is 2. The van der Waals surface area contributed by atoms with Gasteiger partial charge in [-0.25, -0.2) is 9.37 Å². The Hall–Kier alpha value is -2.69. The van der Waals surface area contributed by atoms with Crippen molar-refractivity contribution >= 4 is 11.6 Å². The summed E-state index contributed by atoms with van der Waals surface area (Å²) in [6.45, 7) is 2.27. The van der Waals surface area contributed by atoms with Crippen molar-refractivity contribution in [3.8, 4) is 0 Å². The van der Waals surface area contributed by atoms with Gasteiger partial charge >= 0.3 is 0 Å². The summed E-state index contributed by atoms with van der Waals surface area (Å²) in [6, 6.07) is 9.60. The highest BCUT2D eigenvalue weighted by atomic mass is 19.1. The fourth-order valence-electron chi connectivity index (χ4n) is 2.14. The minimum Gasteiger partial charge on any atom is -0.348 e. The Labute approximate surface area is 121 Å². The molecule has 4 nitrogen and oxygen atoms in total. The average Bonchev–Trinajstić information content (AvgIpc) is 2.85. The molecule has 21 heavy (non-hydrogen) atoms. The smallest absolute Gasteiger partial charge is 0.253 e. The lowest BCUT2D eigenvalue weighted by Gasteiger charge is -2.06. The molecular formula is C16H14FN3O. The van der Waals surface area contributed by atoms with Crippen LogP contribution in [0.25, 0.3) is 5.65 Å². The molecule has 0 radical (unpaired) electrons. The van der Waals surface area contributed by atoms with Crippen LogP contribution in [0.15, 0.2) is 48.8 Å². The molecule has 0 unspecified atom stereocenters. The van der Waals surface area contributed by atoms with Gasteiger partial charge in [0.1, 0.15) is 11.5 Å². The predicted molar refractivity (Wildman–Crippen MR) is 77.5 cm³/mol. The monoisotopic (exact) mass is 283 g/mol. The highest BCUT2D eigenvalue weighted by Gasteiger charge is 2.07. The van der Waals surface area contributed by atoms with Gasteiger partial charge in [0.05, 0.1) is 11.3 Å². The van der Waals surface area contributed by atoms with Gasteiger partial charge in [0.2, 0.25) is 0 Å². The van der Waals surface area contributed by atoms with Crippen LogP contribution >= 0.6 is 0 Å². The second-order valence-corrected chi connectivity index (χ2v) is 4.87. The highest BCUT2D eigenvalue weighted by Crippen LogP contribution is 2.08. The van der Waals surface area contributed by atoms with Crippen molar-refractivity contribution in [3.63, 3.8) is 0 Å². The lowest BCUT2D eigenvalue weighted by molar-refractivity contribution is 0.0950. The number of carbonyl (C=O) groups is 1. The Kier molecular flexibility index (Phi) is 3.39. The number of hydrogen-bond donors (Lipinski definition) is 1. The summed E-state index contributed by atoms with van der Waals surface area (Å²) in [6.07, 6.45) is 3.61. The summed E-state index contributed by atoms with van der Waals surface area (Å²) < 4.78 is 14.6. The quantitative estimate of drug-likeness (QED) is 0.803. The van der Waals surface area contributed by atoms with Crippen LogP contribution in [0.1, 0.15) is 21.6 Å². The Bertz CT molecular complexity index is 793. The van der Waals surface area contributed by atoms with Crippen LogP contribution in [0, 0.1) is 12.7 Å². The molecule has 0 aliphatic rings. The fourth-order valence-corrected chi connectivity index (χ4v) is 2.14. The van der Waals surface area contributed by atoms with Crippen LogP contribution in [-0.2, 0) is 6.54 Å². The molecule has 1 amide bonds. The molecule has 0 atom stereocenters. The van der Waals surface area contributed by atoms with Crippen molar-refractivity contribution in [3.05, 3.63) is 71.4 Å². The summed E-state index contributed by atoms with van der Waals surface area (Å²) >= 11 is 0. The van der Waals surface area contributed by atoms with E-state index in [1.807, 2.05) is 17.5 Å². The predicted octanol–water partition coefficient (Wildman–Crippen LogP) is 2.71. The van der Waals surface area contributed by atoms with Crippen LogP contribution in [0.4, 0.5) is 4.39 Å². The zero-order valence-electron chi connectivity index (χ0n) is 11.5. The molecule has 0 spiro atoms. The lowest BCUT2D eigenvalue weighted by atomic mass is 10.2. The molecular weight excluding hydrogens is 269 g/mol. The Balaban J connectivity index is 1.72. The first-order valence-electron chi connectivity index (χ1n) is 6.60. The molecule has 0 saturated heterocycles. The third-order valence-corrected chi connectivity index (χ3v) is 3.20. The molecule has 0 aliphatic heterocycles. The van der Waals surface area contributed by atoms with Gasteiger partial charge in [-0.3, -0.25) is 4.79 Å². The van der Waals surface area contributed by atoms with Crippen molar-refractivity contribution in [2.45, 2.75) is 13.5 Å². The number of hydrogen-bond acceptors (Lipinski definition) is 2. The van der Waals surface area contributed by atoms with Gasteiger partial charge < -0.3 is 9.72 Å². The molecule has 2 aromatic heterocycles. The van der Waals surface area contributed by atoms with E-state index in [0.717, 1.165) is 16.9 Å². The number of nitrogens with zero attached hydrogens (tertiary/aromatic N) is 2. The van der Waals surface area contributed by atoms with E-state index in [2.05, 4.69) is 10.3 Å². The van der Waals surface area contributed by atoms with Crippen LogP contribution < -0.4 is 5.32 Å². The van der Waals surface area contributed by atoms with Crippen LogP contribution in [-0.4, -0.2) is 15.3 Å². The molecule has 5 heteroatoms. The van der Waals surface area contributed by atoms with Crippen molar-refractivity contribution in [1.29, 1.82) is 0 Å². The molecule has 0 aliphatic carbocycles. The first kappa shape index (κ1) is 13.3. The second-order valence-electron chi connectivity index (χ2n) is 4.87. The van der Waals surface area contributed by atoms with E-state index in [-0.39, 0.29) is 11.7 Å². The molecule has 0 saturated carbocycles. The Morgan fingerprint density at radius 2 is 1.95 bits per heavy atom. The molecule has 3 aromatic rings. The maximum Gasteiger partial charge on any atom is 0.253 e. The number of halogens is 1. The van der Waals surface area contributed by atoms with E-state index < -0.39 is 0 Å². The highest BCUT2D eigenvalue weighted by molar-refractivity contribution is 5.94. The van der Waals surface area contributed by atoms with E-state index in [1.165, 1.54) is 12.1 Å². The normalized spacial score (nSPS) is 10.8. The minimum atomic E-state index is -0.286. The zero-order chi connectivity index (χ0) is 14.8. The summed E-state index contributed by atoms with van der Waals surface area (Å²) in [5.74, 6) is -0.460. The number of benzene rings is 1. The molecule has 0 fully saturated rings. The van der Waals surface area contributed by atoms with E-state index in [4.69, 9.17) is 0 Å². The van der Waals surface area contributed by atoms with Gasteiger partial charge in [-0.1, -0.05) is 12.1 Å². The van der Waals surface area contributed by atoms with E-state index >= 15 is 0 Å². The Morgan fingerprint density at radius 1 is 1.19 bits per heavy atom. The molecule has 0 bridgehead atoms. The van der Waals surface area contributed by atoms with Crippen LogP contribution in [0.2, 0.25) is 0 Å². The van der Waals surface area contributed by atoms with Gasteiger partial charge in [0.25, 0.3) is 5.91 Å². The number of nitrogens with one attached hydrogen (secondary N) is 1. The number of aryl methyl sites for hydroxylation is 1. The van der Waals surface area contributed by atoms with Gasteiger partial charge in [0, 0.05) is 18.9 Å².